The summed E-state index contributed by atoms with van der Waals surface area (Å²) in [6.45, 7) is 2.13. The molecule has 0 aliphatic heterocycles. The minimum atomic E-state index is -3.70. The zero-order valence-electron chi connectivity index (χ0n) is 15.6. The maximum absolute atomic E-state index is 12.2. The van der Waals surface area contributed by atoms with Crippen LogP contribution in [0.1, 0.15) is 11.1 Å². The first-order valence-corrected chi connectivity index (χ1v) is 12.3. The van der Waals surface area contributed by atoms with Gasteiger partial charge in [0.05, 0.1) is 17.0 Å². The van der Waals surface area contributed by atoms with Crippen LogP contribution in [0.3, 0.4) is 0 Å². The number of carbonyl (C=O) groups is 1. The highest BCUT2D eigenvalue weighted by molar-refractivity contribution is 7.98. The zero-order chi connectivity index (χ0) is 20.7. The van der Waals surface area contributed by atoms with Crippen LogP contribution in [-0.4, -0.2) is 39.4 Å². The van der Waals surface area contributed by atoms with E-state index in [0.29, 0.717) is 11.6 Å². The van der Waals surface area contributed by atoms with Gasteiger partial charge in [0.15, 0.2) is 0 Å². The molecule has 1 amide bonds. The Morgan fingerprint density at radius 3 is 2.46 bits per heavy atom. The highest BCUT2D eigenvalue weighted by Gasteiger charge is 2.23. The molecule has 0 fully saturated rings. The second-order valence-electron chi connectivity index (χ2n) is 6.25. The number of sulfonamides is 1. The van der Waals surface area contributed by atoms with Crippen LogP contribution in [0.2, 0.25) is 10.0 Å². The van der Waals surface area contributed by atoms with E-state index >= 15 is 0 Å². The lowest BCUT2D eigenvalue weighted by atomic mass is 10.2. The van der Waals surface area contributed by atoms with Crippen molar-refractivity contribution in [3.05, 3.63) is 63.6 Å². The number of halogens is 2. The monoisotopic (exact) mass is 460 g/mol. The van der Waals surface area contributed by atoms with Crippen molar-refractivity contribution in [2.75, 3.05) is 29.4 Å². The molecule has 2 aromatic carbocycles. The minimum Gasteiger partial charge on any atom is -0.354 e. The molecule has 0 aliphatic carbocycles. The van der Waals surface area contributed by atoms with Crippen LogP contribution in [-0.2, 0) is 20.6 Å². The van der Waals surface area contributed by atoms with Gasteiger partial charge in [-0.25, -0.2) is 8.42 Å². The van der Waals surface area contributed by atoms with E-state index in [-0.39, 0.29) is 17.3 Å². The van der Waals surface area contributed by atoms with Gasteiger partial charge < -0.3 is 5.32 Å². The minimum absolute atomic E-state index is 0.181. The summed E-state index contributed by atoms with van der Waals surface area (Å²) in [4.78, 5) is 12.2. The molecule has 0 aromatic heterocycles. The van der Waals surface area contributed by atoms with Gasteiger partial charge in [-0.3, -0.25) is 9.10 Å². The van der Waals surface area contributed by atoms with E-state index in [1.807, 2.05) is 6.92 Å². The fraction of sp³-hybridized carbons (Fsp3) is 0.316. The molecule has 0 bridgehead atoms. The number of nitrogens with one attached hydrogen (secondary N) is 1. The average Bonchev–Trinajstić information content (AvgIpc) is 2.62. The van der Waals surface area contributed by atoms with Crippen molar-refractivity contribution in [2.24, 2.45) is 0 Å². The molecule has 2 aromatic rings. The van der Waals surface area contributed by atoms with Crippen LogP contribution in [0.15, 0.2) is 42.5 Å². The van der Waals surface area contributed by atoms with Crippen molar-refractivity contribution in [1.29, 1.82) is 0 Å². The second kappa shape index (κ2) is 10.4. The fourth-order valence-corrected chi connectivity index (χ4v) is 4.50. The SMILES string of the molecule is Cc1ccc(CSCCNC(=O)CN(c2cc(Cl)ccc2Cl)S(C)(=O)=O)cc1. The maximum atomic E-state index is 12.2. The number of hydrogen-bond acceptors (Lipinski definition) is 4. The molecule has 0 saturated carbocycles. The Labute approximate surface area is 180 Å². The van der Waals surface area contributed by atoms with Crippen molar-refractivity contribution >= 4 is 56.6 Å². The van der Waals surface area contributed by atoms with Gasteiger partial charge >= 0.3 is 0 Å². The summed E-state index contributed by atoms with van der Waals surface area (Å²) >= 11 is 13.7. The molecule has 0 aliphatic rings. The van der Waals surface area contributed by atoms with Gasteiger partial charge in [0.1, 0.15) is 6.54 Å². The first-order valence-electron chi connectivity index (χ1n) is 8.49. The third-order valence-electron chi connectivity index (χ3n) is 3.82. The molecule has 152 valence electrons. The number of aryl methyl sites for hydroxylation is 1. The average molecular weight is 461 g/mol. The second-order valence-corrected chi connectivity index (χ2v) is 10.1. The Hall–Kier alpha value is -1.41. The van der Waals surface area contributed by atoms with Crippen molar-refractivity contribution in [3.8, 4) is 0 Å². The summed E-state index contributed by atoms with van der Waals surface area (Å²) in [5, 5.41) is 3.28. The van der Waals surface area contributed by atoms with Gasteiger partial charge in [-0.05, 0) is 30.7 Å². The highest BCUT2D eigenvalue weighted by Crippen LogP contribution is 2.30. The molecular weight excluding hydrogens is 439 g/mol. The highest BCUT2D eigenvalue weighted by atomic mass is 35.5. The van der Waals surface area contributed by atoms with Crippen molar-refractivity contribution in [3.63, 3.8) is 0 Å². The van der Waals surface area contributed by atoms with Crippen molar-refractivity contribution in [1.82, 2.24) is 5.32 Å². The standard InChI is InChI=1S/C19H22Cl2N2O3S2/c1-14-3-5-15(6-4-14)13-27-10-9-22-19(24)12-23(28(2,25)26)18-11-16(20)7-8-17(18)21/h3-8,11H,9-10,12-13H2,1-2H3,(H,22,24). The Kier molecular flexibility index (Phi) is 8.49. The van der Waals surface area contributed by atoms with E-state index in [0.717, 1.165) is 22.1 Å². The molecule has 0 radical (unpaired) electrons. The first-order chi connectivity index (χ1) is 13.2. The normalized spacial score (nSPS) is 11.3. The lowest BCUT2D eigenvalue weighted by Crippen LogP contribution is -2.41. The van der Waals surface area contributed by atoms with Gasteiger partial charge in [-0.1, -0.05) is 53.0 Å². The van der Waals surface area contributed by atoms with Crippen LogP contribution in [0.25, 0.3) is 0 Å². The van der Waals surface area contributed by atoms with E-state index in [2.05, 4.69) is 29.6 Å². The van der Waals surface area contributed by atoms with Crippen LogP contribution in [0, 0.1) is 6.92 Å². The summed E-state index contributed by atoms with van der Waals surface area (Å²) in [5.41, 5.74) is 2.62. The topological polar surface area (TPSA) is 66.5 Å². The number of thioether (sulfide) groups is 1. The van der Waals surface area contributed by atoms with E-state index in [4.69, 9.17) is 23.2 Å². The van der Waals surface area contributed by atoms with Crippen LogP contribution in [0.5, 0.6) is 0 Å². The molecule has 28 heavy (non-hydrogen) atoms. The Balaban J connectivity index is 1.86. The van der Waals surface area contributed by atoms with Gasteiger partial charge in [0.25, 0.3) is 0 Å². The number of anilines is 1. The summed E-state index contributed by atoms with van der Waals surface area (Å²) in [7, 11) is -3.70. The Morgan fingerprint density at radius 2 is 1.82 bits per heavy atom. The third kappa shape index (κ3) is 7.20. The zero-order valence-corrected chi connectivity index (χ0v) is 18.8. The van der Waals surface area contributed by atoms with Gasteiger partial charge in [0, 0.05) is 23.1 Å². The third-order valence-corrected chi connectivity index (χ3v) is 6.53. The lowest BCUT2D eigenvalue weighted by molar-refractivity contribution is -0.119. The number of amides is 1. The number of carbonyl (C=O) groups excluding carboxylic acids is 1. The quantitative estimate of drug-likeness (QED) is 0.571. The number of nitrogens with zero attached hydrogens (tertiary/aromatic N) is 1. The summed E-state index contributed by atoms with van der Waals surface area (Å²) in [6, 6.07) is 12.8. The van der Waals surface area contributed by atoms with E-state index < -0.39 is 15.9 Å². The number of hydrogen-bond donors (Lipinski definition) is 1. The molecule has 0 spiro atoms. The van der Waals surface area contributed by atoms with Crippen LogP contribution in [0.4, 0.5) is 5.69 Å². The Morgan fingerprint density at radius 1 is 1.14 bits per heavy atom. The Bertz CT molecular complexity index is 919. The molecule has 0 saturated heterocycles. The molecule has 9 heteroatoms. The van der Waals surface area contributed by atoms with Crippen molar-refractivity contribution < 1.29 is 13.2 Å². The fourth-order valence-electron chi connectivity index (χ4n) is 2.38. The first kappa shape index (κ1) is 22.9. The van der Waals surface area contributed by atoms with E-state index in [9.17, 15) is 13.2 Å². The molecular formula is C19H22Cl2N2O3S2. The van der Waals surface area contributed by atoms with Gasteiger partial charge in [-0.15, -0.1) is 0 Å². The molecule has 0 atom stereocenters. The largest absolute Gasteiger partial charge is 0.354 e. The van der Waals surface area contributed by atoms with Crippen LogP contribution < -0.4 is 9.62 Å². The van der Waals surface area contributed by atoms with E-state index in [1.54, 1.807) is 17.8 Å². The smallest absolute Gasteiger partial charge is 0.240 e. The maximum Gasteiger partial charge on any atom is 0.240 e. The number of benzene rings is 2. The molecule has 0 heterocycles. The molecule has 1 N–H and O–H groups in total. The molecule has 5 nitrogen and oxygen atoms in total. The predicted octanol–water partition coefficient (Wildman–Crippen LogP) is 4.12. The molecule has 2 rings (SSSR count). The van der Waals surface area contributed by atoms with Gasteiger partial charge in [-0.2, -0.15) is 11.8 Å². The number of rotatable bonds is 9. The van der Waals surface area contributed by atoms with Gasteiger partial charge in [0.2, 0.25) is 15.9 Å². The predicted molar refractivity (Wildman–Crippen MR) is 119 cm³/mol. The lowest BCUT2D eigenvalue weighted by Gasteiger charge is -2.23. The van der Waals surface area contributed by atoms with E-state index in [1.165, 1.54) is 23.3 Å². The van der Waals surface area contributed by atoms with Crippen LogP contribution >= 0.6 is 35.0 Å². The summed E-state index contributed by atoms with van der Waals surface area (Å²) < 4.78 is 25.2. The summed E-state index contributed by atoms with van der Waals surface area (Å²) in [6.07, 6.45) is 1.02. The molecule has 0 unspecified atom stereocenters. The summed E-state index contributed by atoms with van der Waals surface area (Å²) in [5.74, 6) is 1.16. The van der Waals surface area contributed by atoms with Crippen molar-refractivity contribution in [2.45, 2.75) is 12.7 Å².